The Hall–Kier alpha value is -2.06. The lowest BCUT2D eigenvalue weighted by molar-refractivity contribution is -0.141. The Bertz CT molecular complexity index is 565. The zero-order valence-electron chi connectivity index (χ0n) is 9.26. The van der Waals surface area contributed by atoms with Gasteiger partial charge in [0.05, 0.1) is 16.5 Å². The van der Waals surface area contributed by atoms with Gasteiger partial charge in [0.25, 0.3) is 0 Å². The number of aliphatic carboxylic acids is 1. The van der Waals surface area contributed by atoms with Crippen molar-refractivity contribution in [2.75, 3.05) is 11.4 Å². The molecule has 2 rings (SSSR count). The molecule has 1 fully saturated rings. The first-order valence-electron chi connectivity index (χ1n) is 5.25. The van der Waals surface area contributed by atoms with Gasteiger partial charge in [-0.3, -0.25) is 9.59 Å². The van der Waals surface area contributed by atoms with E-state index in [1.807, 2.05) is 6.07 Å². The van der Waals surface area contributed by atoms with Gasteiger partial charge in [-0.15, -0.1) is 0 Å². The van der Waals surface area contributed by atoms with Gasteiger partial charge < -0.3 is 10.0 Å². The molecule has 1 atom stereocenters. The van der Waals surface area contributed by atoms with Crippen LogP contribution in [0, 0.1) is 17.2 Å². The lowest BCUT2D eigenvalue weighted by Crippen LogP contribution is -2.25. The lowest BCUT2D eigenvalue weighted by atomic mass is 10.1. The van der Waals surface area contributed by atoms with Crippen LogP contribution in [0.15, 0.2) is 18.2 Å². The maximum atomic E-state index is 11.7. The molecule has 0 spiro atoms. The molecule has 92 valence electrons. The summed E-state index contributed by atoms with van der Waals surface area (Å²) in [4.78, 5) is 23.9. The second-order valence-electron chi connectivity index (χ2n) is 4.02. The van der Waals surface area contributed by atoms with E-state index in [2.05, 4.69) is 0 Å². The van der Waals surface area contributed by atoms with Crippen LogP contribution in [0.2, 0.25) is 5.02 Å². The number of amides is 1. The van der Waals surface area contributed by atoms with E-state index in [0.717, 1.165) is 0 Å². The van der Waals surface area contributed by atoms with Gasteiger partial charge in [-0.1, -0.05) is 11.6 Å². The highest BCUT2D eigenvalue weighted by Gasteiger charge is 2.35. The average Bonchev–Trinajstić information content (AvgIpc) is 2.71. The van der Waals surface area contributed by atoms with Gasteiger partial charge in [0.2, 0.25) is 5.91 Å². The summed E-state index contributed by atoms with van der Waals surface area (Å²) in [5, 5.41) is 17.9. The van der Waals surface area contributed by atoms with E-state index in [1.54, 1.807) is 6.07 Å². The van der Waals surface area contributed by atoms with Gasteiger partial charge in [-0.2, -0.15) is 5.26 Å². The summed E-state index contributed by atoms with van der Waals surface area (Å²) in [5.41, 5.74) is 0.842. The van der Waals surface area contributed by atoms with Crippen LogP contribution < -0.4 is 4.90 Å². The van der Waals surface area contributed by atoms with Crippen molar-refractivity contribution in [3.8, 4) is 6.07 Å². The van der Waals surface area contributed by atoms with Crippen molar-refractivity contribution >= 4 is 29.2 Å². The number of hydrogen-bond donors (Lipinski definition) is 1. The minimum atomic E-state index is -0.981. The normalized spacial score (nSPS) is 18.8. The van der Waals surface area contributed by atoms with Crippen molar-refractivity contribution < 1.29 is 14.7 Å². The van der Waals surface area contributed by atoms with E-state index in [1.165, 1.54) is 17.0 Å². The summed E-state index contributed by atoms with van der Waals surface area (Å²) in [7, 11) is 0. The average molecular weight is 265 g/mol. The number of carbonyl (C=O) groups is 2. The quantitative estimate of drug-likeness (QED) is 0.880. The van der Waals surface area contributed by atoms with Crippen LogP contribution in [0.25, 0.3) is 0 Å². The van der Waals surface area contributed by atoms with Gasteiger partial charge in [0, 0.05) is 18.7 Å². The monoisotopic (exact) mass is 264 g/mol. The molecular formula is C12H9ClN2O3. The Kier molecular flexibility index (Phi) is 3.21. The van der Waals surface area contributed by atoms with Crippen LogP contribution in [-0.4, -0.2) is 23.5 Å². The fraction of sp³-hybridized carbons (Fsp3) is 0.250. The van der Waals surface area contributed by atoms with E-state index in [4.69, 9.17) is 22.0 Å². The zero-order chi connectivity index (χ0) is 13.3. The molecule has 1 aromatic carbocycles. The van der Waals surface area contributed by atoms with Gasteiger partial charge in [0.1, 0.15) is 6.07 Å². The summed E-state index contributed by atoms with van der Waals surface area (Å²) in [6, 6.07) is 6.53. The molecule has 18 heavy (non-hydrogen) atoms. The Morgan fingerprint density at radius 3 is 2.78 bits per heavy atom. The van der Waals surface area contributed by atoms with Crippen molar-refractivity contribution in [3.63, 3.8) is 0 Å². The molecule has 1 heterocycles. The number of carboxylic acids is 1. The molecule has 6 heteroatoms. The Balaban J connectivity index is 2.28. The first-order valence-corrected chi connectivity index (χ1v) is 5.63. The highest BCUT2D eigenvalue weighted by molar-refractivity contribution is 6.32. The Morgan fingerprint density at radius 1 is 1.56 bits per heavy atom. The van der Waals surface area contributed by atoms with Crippen molar-refractivity contribution in [3.05, 3.63) is 28.8 Å². The van der Waals surface area contributed by atoms with Gasteiger partial charge >= 0.3 is 5.97 Å². The van der Waals surface area contributed by atoms with E-state index >= 15 is 0 Å². The number of carboxylic acid groups (broad SMARTS) is 1. The zero-order valence-corrected chi connectivity index (χ0v) is 10.0. The summed E-state index contributed by atoms with van der Waals surface area (Å²) < 4.78 is 0. The fourth-order valence-electron chi connectivity index (χ4n) is 1.89. The maximum Gasteiger partial charge on any atom is 0.308 e. The molecule has 1 amide bonds. The Labute approximate surface area is 108 Å². The molecule has 0 aromatic heterocycles. The third-order valence-corrected chi connectivity index (χ3v) is 3.17. The predicted octanol–water partition coefficient (Wildman–Crippen LogP) is 1.65. The summed E-state index contributed by atoms with van der Waals surface area (Å²) in [6.07, 6.45) is -0.00699. The van der Waals surface area contributed by atoms with Crippen LogP contribution in [0.3, 0.4) is 0 Å². The smallest absolute Gasteiger partial charge is 0.308 e. The van der Waals surface area contributed by atoms with Crippen molar-refractivity contribution in [1.29, 1.82) is 5.26 Å². The molecule has 1 aliphatic heterocycles. The largest absolute Gasteiger partial charge is 0.481 e. The summed E-state index contributed by atoms with van der Waals surface area (Å²) in [6.45, 7) is 0.135. The number of benzene rings is 1. The molecule has 0 unspecified atom stereocenters. The third-order valence-electron chi connectivity index (χ3n) is 2.86. The first-order chi connectivity index (χ1) is 8.52. The summed E-state index contributed by atoms with van der Waals surface area (Å²) in [5.74, 6) is -1.92. The van der Waals surface area contributed by atoms with Crippen LogP contribution >= 0.6 is 11.6 Å². The minimum Gasteiger partial charge on any atom is -0.481 e. The molecule has 1 N–H and O–H groups in total. The molecular weight excluding hydrogens is 256 g/mol. The minimum absolute atomic E-state index is 0.00699. The second kappa shape index (κ2) is 4.67. The standard InChI is InChI=1S/C12H9ClN2O3/c13-10-4-9(2-1-7(10)5-14)15-6-8(12(17)18)3-11(15)16/h1-2,4,8H,3,6H2,(H,17,18)/t8-/m1/s1. The van der Waals surface area contributed by atoms with E-state index < -0.39 is 11.9 Å². The van der Waals surface area contributed by atoms with Crippen molar-refractivity contribution in [2.24, 2.45) is 5.92 Å². The number of nitrogens with zero attached hydrogens (tertiary/aromatic N) is 2. The summed E-state index contributed by atoms with van der Waals surface area (Å²) >= 11 is 5.88. The van der Waals surface area contributed by atoms with Gasteiger partial charge in [-0.25, -0.2) is 0 Å². The number of carbonyl (C=O) groups excluding carboxylic acids is 1. The number of hydrogen-bond acceptors (Lipinski definition) is 3. The molecule has 1 aromatic rings. The molecule has 1 aliphatic rings. The topological polar surface area (TPSA) is 81.4 Å². The van der Waals surface area contributed by atoms with Crippen LogP contribution in [0.5, 0.6) is 0 Å². The van der Waals surface area contributed by atoms with E-state index in [-0.39, 0.29) is 23.9 Å². The molecule has 0 aliphatic carbocycles. The third kappa shape index (κ3) is 2.15. The second-order valence-corrected chi connectivity index (χ2v) is 4.43. The molecule has 5 nitrogen and oxygen atoms in total. The molecule has 1 saturated heterocycles. The highest BCUT2D eigenvalue weighted by Crippen LogP contribution is 2.28. The SMILES string of the molecule is N#Cc1ccc(N2C[C@H](C(=O)O)CC2=O)cc1Cl. The molecule has 0 bridgehead atoms. The fourth-order valence-corrected chi connectivity index (χ4v) is 2.10. The van der Waals surface area contributed by atoms with Gasteiger partial charge in [0.15, 0.2) is 0 Å². The van der Waals surface area contributed by atoms with Crippen molar-refractivity contribution in [1.82, 2.24) is 0 Å². The number of halogens is 1. The lowest BCUT2D eigenvalue weighted by Gasteiger charge is -2.16. The maximum absolute atomic E-state index is 11.7. The van der Waals surface area contributed by atoms with Crippen LogP contribution in [0.1, 0.15) is 12.0 Å². The molecule has 0 saturated carbocycles. The van der Waals surface area contributed by atoms with Crippen LogP contribution in [-0.2, 0) is 9.59 Å². The predicted molar refractivity (Wildman–Crippen MR) is 64.3 cm³/mol. The first kappa shape index (κ1) is 12.4. The van der Waals surface area contributed by atoms with Crippen molar-refractivity contribution in [2.45, 2.75) is 6.42 Å². The van der Waals surface area contributed by atoms with Crippen LogP contribution in [0.4, 0.5) is 5.69 Å². The highest BCUT2D eigenvalue weighted by atomic mass is 35.5. The van der Waals surface area contributed by atoms with E-state index in [0.29, 0.717) is 11.3 Å². The van der Waals surface area contributed by atoms with E-state index in [9.17, 15) is 9.59 Å². The molecule has 0 radical (unpaired) electrons. The van der Waals surface area contributed by atoms with Gasteiger partial charge in [-0.05, 0) is 18.2 Å². The number of anilines is 1. The number of nitriles is 1. The number of rotatable bonds is 2. The Morgan fingerprint density at radius 2 is 2.28 bits per heavy atom.